The molecule has 0 radical (unpaired) electrons. The Morgan fingerprint density at radius 1 is 0.607 bits per heavy atom. The summed E-state index contributed by atoms with van der Waals surface area (Å²) >= 11 is 12.1. The van der Waals surface area contributed by atoms with Crippen LogP contribution in [0.5, 0.6) is 0 Å². The molecule has 0 aromatic heterocycles. The summed E-state index contributed by atoms with van der Waals surface area (Å²) in [6.07, 6.45) is 3.20. The minimum absolute atomic E-state index is 0.368. The molecule has 0 bridgehead atoms. The Balaban J connectivity index is 1.43. The third-order valence-corrected chi connectivity index (χ3v) is 4.52. The molecule has 0 saturated heterocycles. The Hall–Kier alpha value is -2.82. The number of halogens is 2. The molecule has 3 rings (SSSR count). The van der Waals surface area contributed by atoms with E-state index < -0.39 is 0 Å². The average Bonchev–Trinajstić information content (AvgIpc) is 2.72. The highest BCUT2D eigenvalue weighted by molar-refractivity contribution is 6.33. The van der Waals surface area contributed by atoms with E-state index in [2.05, 4.69) is 10.3 Å². The second-order valence-corrected chi connectivity index (χ2v) is 6.69. The van der Waals surface area contributed by atoms with Crippen LogP contribution in [0.1, 0.15) is 22.3 Å². The first-order chi connectivity index (χ1) is 13.7. The number of rotatable bonds is 8. The second-order valence-electron chi connectivity index (χ2n) is 5.88. The van der Waals surface area contributed by atoms with Gasteiger partial charge in [0.2, 0.25) is 0 Å². The molecule has 0 amide bonds. The monoisotopic (exact) mass is 412 g/mol. The molecule has 28 heavy (non-hydrogen) atoms. The van der Waals surface area contributed by atoms with Crippen molar-refractivity contribution in [2.24, 2.45) is 10.3 Å². The number of hydrogen-bond acceptors (Lipinski definition) is 4. The Kier molecular flexibility index (Phi) is 7.47. The Morgan fingerprint density at radius 2 is 1.00 bits per heavy atom. The molecular formula is C22H18Cl2N2O2. The van der Waals surface area contributed by atoms with E-state index in [1.165, 1.54) is 0 Å². The summed E-state index contributed by atoms with van der Waals surface area (Å²) in [7, 11) is 0. The molecule has 4 nitrogen and oxygen atoms in total. The van der Waals surface area contributed by atoms with Gasteiger partial charge in [0.05, 0.1) is 12.4 Å². The quantitative estimate of drug-likeness (QED) is 0.331. The summed E-state index contributed by atoms with van der Waals surface area (Å²) in [6.45, 7) is 0.736. The molecular weight excluding hydrogens is 395 g/mol. The highest BCUT2D eigenvalue weighted by Crippen LogP contribution is 2.14. The normalized spacial score (nSPS) is 11.2. The lowest BCUT2D eigenvalue weighted by Crippen LogP contribution is -1.92. The van der Waals surface area contributed by atoms with Crippen molar-refractivity contribution in [1.82, 2.24) is 0 Å². The van der Waals surface area contributed by atoms with Crippen LogP contribution in [-0.2, 0) is 22.9 Å². The van der Waals surface area contributed by atoms with Gasteiger partial charge >= 0.3 is 0 Å². The molecule has 0 aliphatic heterocycles. The number of benzene rings is 3. The van der Waals surface area contributed by atoms with Crippen molar-refractivity contribution in [3.8, 4) is 0 Å². The summed E-state index contributed by atoms with van der Waals surface area (Å²) < 4.78 is 0. The third kappa shape index (κ3) is 6.12. The molecule has 3 aromatic rings. The van der Waals surface area contributed by atoms with E-state index in [1.807, 2.05) is 72.8 Å². The highest BCUT2D eigenvalue weighted by Gasteiger charge is 1.98. The zero-order valence-corrected chi connectivity index (χ0v) is 16.5. The Bertz CT molecular complexity index is 878. The minimum Gasteiger partial charge on any atom is -0.391 e. The van der Waals surface area contributed by atoms with Crippen LogP contribution in [0.25, 0.3) is 0 Å². The van der Waals surface area contributed by atoms with E-state index in [9.17, 15) is 0 Å². The molecule has 6 heteroatoms. The van der Waals surface area contributed by atoms with Gasteiger partial charge in [0.15, 0.2) is 0 Å². The molecule has 3 aromatic carbocycles. The lowest BCUT2D eigenvalue weighted by atomic mass is 10.1. The smallest absolute Gasteiger partial charge is 0.142 e. The van der Waals surface area contributed by atoms with Crippen molar-refractivity contribution in [3.05, 3.63) is 105 Å². The summed E-state index contributed by atoms with van der Waals surface area (Å²) in [5, 5.41) is 9.18. The molecule has 142 valence electrons. The van der Waals surface area contributed by atoms with Gasteiger partial charge in [-0.15, -0.1) is 0 Å². The van der Waals surface area contributed by atoms with Crippen LogP contribution in [0.3, 0.4) is 0 Å². The molecule has 0 atom stereocenters. The molecule has 0 aliphatic rings. The van der Waals surface area contributed by atoms with Crippen molar-refractivity contribution >= 4 is 35.6 Å². The zero-order valence-electron chi connectivity index (χ0n) is 15.0. The van der Waals surface area contributed by atoms with Gasteiger partial charge in [0, 0.05) is 21.2 Å². The van der Waals surface area contributed by atoms with Crippen molar-refractivity contribution in [1.29, 1.82) is 0 Å². The lowest BCUT2D eigenvalue weighted by molar-refractivity contribution is 0.130. The maximum atomic E-state index is 6.06. The van der Waals surface area contributed by atoms with Crippen molar-refractivity contribution in [3.63, 3.8) is 0 Å². The van der Waals surface area contributed by atoms with E-state index in [0.717, 1.165) is 22.3 Å². The van der Waals surface area contributed by atoms with Gasteiger partial charge in [-0.05, 0) is 23.3 Å². The third-order valence-electron chi connectivity index (χ3n) is 3.83. The topological polar surface area (TPSA) is 43.2 Å². The van der Waals surface area contributed by atoms with Crippen molar-refractivity contribution in [2.45, 2.75) is 13.2 Å². The van der Waals surface area contributed by atoms with Crippen molar-refractivity contribution < 1.29 is 9.68 Å². The molecule has 0 spiro atoms. The van der Waals surface area contributed by atoms with Crippen molar-refractivity contribution in [2.75, 3.05) is 0 Å². The van der Waals surface area contributed by atoms with Crippen LogP contribution < -0.4 is 0 Å². The van der Waals surface area contributed by atoms with Crippen LogP contribution in [0.4, 0.5) is 0 Å². The SMILES string of the molecule is Clc1ccccc1C=NOCc1ccc(CON=Cc2ccccc2Cl)cc1. The van der Waals surface area contributed by atoms with Gasteiger partial charge in [-0.1, -0.05) is 94.2 Å². The average molecular weight is 413 g/mol. The standard InChI is InChI=1S/C22H18Cl2N2O2/c23-21-7-3-1-5-19(21)13-25-27-15-17-9-11-18(12-10-17)16-28-26-14-20-6-2-4-8-22(20)24/h1-14H,15-16H2. The predicted molar refractivity (Wildman–Crippen MR) is 114 cm³/mol. The zero-order chi connectivity index (χ0) is 19.6. The summed E-state index contributed by atoms with van der Waals surface area (Å²) in [4.78, 5) is 10.6. The Morgan fingerprint density at radius 3 is 1.39 bits per heavy atom. The van der Waals surface area contributed by atoms with E-state index >= 15 is 0 Å². The Labute approximate surface area is 174 Å². The second kappa shape index (κ2) is 10.5. The van der Waals surface area contributed by atoms with Crippen LogP contribution >= 0.6 is 23.2 Å². The molecule has 0 N–H and O–H groups in total. The van der Waals surface area contributed by atoms with Crippen LogP contribution in [-0.4, -0.2) is 12.4 Å². The minimum atomic E-state index is 0.368. The van der Waals surface area contributed by atoms with Gasteiger partial charge < -0.3 is 9.68 Å². The molecule has 0 heterocycles. The predicted octanol–water partition coefficient (Wildman–Crippen LogP) is 6.09. The summed E-state index contributed by atoms with van der Waals surface area (Å²) in [6, 6.07) is 22.7. The molecule has 0 fully saturated rings. The van der Waals surface area contributed by atoms with E-state index in [4.69, 9.17) is 32.9 Å². The van der Waals surface area contributed by atoms with Gasteiger partial charge in [0.25, 0.3) is 0 Å². The number of oxime groups is 2. The molecule has 0 unspecified atom stereocenters. The van der Waals surface area contributed by atoms with Gasteiger partial charge in [-0.2, -0.15) is 0 Å². The maximum absolute atomic E-state index is 6.06. The summed E-state index contributed by atoms with van der Waals surface area (Å²) in [5.74, 6) is 0. The molecule has 0 aliphatic carbocycles. The van der Waals surface area contributed by atoms with Crippen LogP contribution in [0.2, 0.25) is 10.0 Å². The lowest BCUT2D eigenvalue weighted by Gasteiger charge is -2.03. The van der Waals surface area contributed by atoms with E-state index in [-0.39, 0.29) is 0 Å². The first-order valence-corrected chi connectivity index (χ1v) is 9.35. The van der Waals surface area contributed by atoms with Gasteiger partial charge in [-0.25, -0.2) is 0 Å². The summed E-state index contributed by atoms with van der Waals surface area (Å²) in [5.41, 5.74) is 3.63. The fourth-order valence-electron chi connectivity index (χ4n) is 2.30. The maximum Gasteiger partial charge on any atom is 0.142 e. The van der Waals surface area contributed by atoms with Gasteiger partial charge in [-0.3, -0.25) is 0 Å². The van der Waals surface area contributed by atoms with Crippen LogP contribution in [0.15, 0.2) is 83.1 Å². The fraction of sp³-hybridized carbons (Fsp3) is 0.0909. The van der Waals surface area contributed by atoms with Gasteiger partial charge in [0.1, 0.15) is 13.2 Å². The largest absolute Gasteiger partial charge is 0.391 e. The first-order valence-electron chi connectivity index (χ1n) is 8.60. The van der Waals surface area contributed by atoms with E-state index in [0.29, 0.717) is 23.3 Å². The fourth-order valence-corrected chi connectivity index (χ4v) is 2.67. The van der Waals surface area contributed by atoms with Crippen LogP contribution in [0, 0.1) is 0 Å². The van der Waals surface area contributed by atoms with E-state index in [1.54, 1.807) is 12.4 Å². The number of hydrogen-bond donors (Lipinski definition) is 0. The number of nitrogens with zero attached hydrogens (tertiary/aromatic N) is 2. The molecule has 0 saturated carbocycles. The highest BCUT2D eigenvalue weighted by atomic mass is 35.5. The first kappa shape index (κ1) is 19.9.